The van der Waals surface area contributed by atoms with Crippen LogP contribution < -0.4 is 5.73 Å². The van der Waals surface area contributed by atoms with Crippen LogP contribution in [0.2, 0.25) is 0 Å². The minimum atomic E-state index is 0.747. The van der Waals surface area contributed by atoms with Gasteiger partial charge in [-0.3, -0.25) is 0 Å². The zero-order valence-corrected chi connectivity index (χ0v) is 9.06. The highest BCUT2D eigenvalue weighted by Gasteiger charge is 1.91. The van der Waals surface area contributed by atoms with E-state index >= 15 is 0 Å². The van der Waals surface area contributed by atoms with Gasteiger partial charge in [-0.05, 0) is 46.9 Å². The zero-order valence-electron chi connectivity index (χ0n) is 6.09. The maximum absolute atomic E-state index is 5.38. The Balaban J connectivity index is 2.52. The highest BCUT2D eigenvalue weighted by molar-refractivity contribution is 14.1. The van der Waals surface area contributed by atoms with Gasteiger partial charge in [-0.1, -0.05) is 0 Å². The second kappa shape index (κ2) is 5.00. The maximum Gasteiger partial charge on any atom is 0.0131 e. The SMILES string of the molecule is NCCSc1ccc(I)cc1. The lowest BCUT2D eigenvalue weighted by atomic mass is 10.4. The molecule has 3 heteroatoms. The third kappa shape index (κ3) is 3.44. The van der Waals surface area contributed by atoms with Crippen molar-refractivity contribution in [1.82, 2.24) is 0 Å². The molecule has 0 saturated carbocycles. The molecular formula is C8H10INS. The van der Waals surface area contributed by atoms with Crippen LogP contribution in [0.3, 0.4) is 0 Å². The van der Waals surface area contributed by atoms with Crippen molar-refractivity contribution in [2.45, 2.75) is 4.90 Å². The fourth-order valence-electron chi connectivity index (χ4n) is 0.708. The topological polar surface area (TPSA) is 26.0 Å². The van der Waals surface area contributed by atoms with Crippen LogP contribution >= 0.6 is 34.4 Å². The first-order chi connectivity index (χ1) is 5.33. The Labute approximate surface area is 84.9 Å². The Morgan fingerprint density at radius 2 is 1.91 bits per heavy atom. The van der Waals surface area contributed by atoms with Gasteiger partial charge in [0.15, 0.2) is 0 Å². The summed E-state index contributed by atoms with van der Waals surface area (Å²) in [5.41, 5.74) is 5.38. The van der Waals surface area contributed by atoms with E-state index in [9.17, 15) is 0 Å². The molecule has 0 aliphatic rings. The van der Waals surface area contributed by atoms with E-state index in [0.717, 1.165) is 12.3 Å². The van der Waals surface area contributed by atoms with Crippen molar-refractivity contribution in [3.63, 3.8) is 0 Å². The van der Waals surface area contributed by atoms with Crippen molar-refractivity contribution in [3.8, 4) is 0 Å². The van der Waals surface area contributed by atoms with Gasteiger partial charge in [0.2, 0.25) is 0 Å². The van der Waals surface area contributed by atoms with Crippen LogP contribution in [-0.2, 0) is 0 Å². The second-order valence-corrected chi connectivity index (χ2v) is 4.51. The van der Waals surface area contributed by atoms with Crippen molar-refractivity contribution in [2.75, 3.05) is 12.3 Å². The molecule has 0 bridgehead atoms. The van der Waals surface area contributed by atoms with Gasteiger partial charge in [-0.25, -0.2) is 0 Å². The average Bonchev–Trinajstić information content (AvgIpc) is 2.04. The van der Waals surface area contributed by atoms with Crippen molar-refractivity contribution in [2.24, 2.45) is 5.73 Å². The normalized spacial score (nSPS) is 10.0. The molecule has 0 aliphatic carbocycles. The van der Waals surface area contributed by atoms with E-state index < -0.39 is 0 Å². The third-order valence-electron chi connectivity index (χ3n) is 1.20. The van der Waals surface area contributed by atoms with Crippen molar-refractivity contribution < 1.29 is 0 Å². The number of hydrogen-bond acceptors (Lipinski definition) is 2. The molecule has 0 spiro atoms. The summed E-state index contributed by atoms with van der Waals surface area (Å²) >= 11 is 4.10. The predicted octanol–water partition coefficient (Wildman–Crippen LogP) is 2.34. The van der Waals surface area contributed by atoms with E-state index in [2.05, 4.69) is 46.9 Å². The van der Waals surface area contributed by atoms with E-state index in [1.807, 2.05) is 0 Å². The molecule has 0 aromatic heterocycles. The fourth-order valence-corrected chi connectivity index (χ4v) is 1.75. The minimum Gasteiger partial charge on any atom is -0.330 e. The molecule has 2 N–H and O–H groups in total. The Kier molecular flexibility index (Phi) is 4.25. The number of rotatable bonds is 3. The molecule has 0 heterocycles. The standard InChI is InChI=1S/C8H10INS/c9-7-1-3-8(4-2-7)11-6-5-10/h1-4H,5-6,10H2. The summed E-state index contributed by atoms with van der Waals surface area (Å²) in [7, 11) is 0. The van der Waals surface area contributed by atoms with Gasteiger partial charge in [-0.15, -0.1) is 11.8 Å². The molecule has 60 valence electrons. The fraction of sp³-hybridized carbons (Fsp3) is 0.250. The first-order valence-corrected chi connectivity index (χ1v) is 5.48. The van der Waals surface area contributed by atoms with Crippen LogP contribution in [0.4, 0.5) is 0 Å². The number of benzene rings is 1. The Hall–Kier alpha value is 0.260. The summed E-state index contributed by atoms with van der Waals surface area (Å²) in [6.07, 6.45) is 0. The summed E-state index contributed by atoms with van der Waals surface area (Å²) in [6, 6.07) is 8.48. The molecule has 0 aliphatic heterocycles. The van der Waals surface area contributed by atoms with E-state index in [1.54, 1.807) is 11.8 Å². The molecule has 1 aromatic rings. The number of thioether (sulfide) groups is 1. The zero-order chi connectivity index (χ0) is 8.10. The van der Waals surface area contributed by atoms with Gasteiger partial charge in [0.1, 0.15) is 0 Å². The molecule has 0 atom stereocenters. The van der Waals surface area contributed by atoms with Crippen LogP contribution in [0.25, 0.3) is 0 Å². The lowest BCUT2D eigenvalue weighted by Crippen LogP contribution is -2.00. The smallest absolute Gasteiger partial charge is 0.0131 e. The van der Waals surface area contributed by atoms with Crippen molar-refractivity contribution >= 4 is 34.4 Å². The van der Waals surface area contributed by atoms with Crippen LogP contribution in [0.15, 0.2) is 29.2 Å². The summed E-state index contributed by atoms with van der Waals surface area (Å²) in [6.45, 7) is 0.747. The van der Waals surface area contributed by atoms with Gasteiger partial charge >= 0.3 is 0 Å². The average molecular weight is 279 g/mol. The number of halogens is 1. The van der Waals surface area contributed by atoms with Crippen LogP contribution in [0, 0.1) is 3.57 Å². The summed E-state index contributed by atoms with van der Waals surface area (Å²) < 4.78 is 1.28. The molecule has 0 saturated heterocycles. The predicted molar refractivity (Wildman–Crippen MR) is 58.9 cm³/mol. The molecule has 1 nitrogen and oxygen atoms in total. The third-order valence-corrected chi connectivity index (χ3v) is 2.96. The lowest BCUT2D eigenvalue weighted by Gasteiger charge is -1.98. The maximum atomic E-state index is 5.38. The van der Waals surface area contributed by atoms with E-state index in [4.69, 9.17) is 5.73 Å². The Bertz CT molecular complexity index is 210. The molecular weight excluding hydrogens is 269 g/mol. The highest BCUT2D eigenvalue weighted by atomic mass is 127. The monoisotopic (exact) mass is 279 g/mol. The molecule has 11 heavy (non-hydrogen) atoms. The van der Waals surface area contributed by atoms with Crippen LogP contribution in [-0.4, -0.2) is 12.3 Å². The van der Waals surface area contributed by atoms with E-state index in [-0.39, 0.29) is 0 Å². The van der Waals surface area contributed by atoms with Gasteiger partial charge in [-0.2, -0.15) is 0 Å². The van der Waals surface area contributed by atoms with Gasteiger partial charge in [0.05, 0.1) is 0 Å². The van der Waals surface area contributed by atoms with Crippen molar-refractivity contribution in [1.29, 1.82) is 0 Å². The minimum absolute atomic E-state index is 0.747. The Morgan fingerprint density at radius 1 is 1.27 bits per heavy atom. The molecule has 0 amide bonds. The van der Waals surface area contributed by atoms with Crippen LogP contribution in [0.5, 0.6) is 0 Å². The second-order valence-electron chi connectivity index (χ2n) is 2.09. The van der Waals surface area contributed by atoms with Gasteiger partial charge in [0.25, 0.3) is 0 Å². The van der Waals surface area contributed by atoms with Gasteiger partial charge < -0.3 is 5.73 Å². The molecule has 1 rings (SSSR count). The first-order valence-electron chi connectivity index (χ1n) is 3.41. The van der Waals surface area contributed by atoms with Crippen LogP contribution in [0.1, 0.15) is 0 Å². The summed E-state index contributed by atoms with van der Waals surface area (Å²) in [4.78, 5) is 1.30. The number of nitrogens with two attached hydrogens (primary N) is 1. The molecule has 1 aromatic carbocycles. The molecule has 0 radical (unpaired) electrons. The quantitative estimate of drug-likeness (QED) is 0.679. The Morgan fingerprint density at radius 3 is 2.45 bits per heavy atom. The van der Waals surface area contributed by atoms with E-state index in [0.29, 0.717) is 0 Å². The largest absolute Gasteiger partial charge is 0.330 e. The first kappa shape index (κ1) is 9.35. The molecule has 0 fully saturated rings. The van der Waals surface area contributed by atoms with Gasteiger partial charge in [0, 0.05) is 20.8 Å². The number of hydrogen-bond donors (Lipinski definition) is 1. The summed E-state index contributed by atoms with van der Waals surface area (Å²) in [5, 5.41) is 0. The summed E-state index contributed by atoms with van der Waals surface area (Å²) in [5.74, 6) is 1.00. The van der Waals surface area contributed by atoms with E-state index in [1.165, 1.54) is 8.47 Å². The van der Waals surface area contributed by atoms with Crippen molar-refractivity contribution in [3.05, 3.63) is 27.8 Å². The lowest BCUT2D eigenvalue weighted by molar-refractivity contribution is 1.15. The molecule has 0 unspecified atom stereocenters. The highest BCUT2D eigenvalue weighted by Crippen LogP contribution is 2.17.